The van der Waals surface area contributed by atoms with Crippen LogP contribution in [-0.4, -0.2) is 27.2 Å². The second kappa shape index (κ2) is 7.82. The summed E-state index contributed by atoms with van der Waals surface area (Å²) in [6.45, 7) is 6.14. The van der Waals surface area contributed by atoms with Gasteiger partial charge in [-0.2, -0.15) is 0 Å². The van der Waals surface area contributed by atoms with E-state index < -0.39 is 17.2 Å². The molecule has 0 radical (unpaired) electrons. The fraction of sp³-hybridized carbons (Fsp3) is 0.500. The van der Waals surface area contributed by atoms with Gasteiger partial charge >= 0.3 is 5.69 Å². The molecule has 2 rings (SSSR count). The molecule has 2 aromatic rings. The molecular formula is C16H23N5O4. The van der Waals surface area contributed by atoms with Gasteiger partial charge in [0, 0.05) is 19.2 Å². The maximum absolute atomic E-state index is 12.8. The van der Waals surface area contributed by atoms with Crippen LogP contribution in [0.4, 0.5) is 11.5 Å². The molecule has 0 aromatic carbocycles. The van der Waals surface area contributed by atoms with Gasteiger partial charge in [0.15, 0.2) is 11.4 Å². The quantitative estimate of drug-likeness (QED) is 0.775. The van der Waals surface area contributed by atoms with Gasteiger partial charge in [-0.05, 0) is 19.8 Å². The van der Waals surface area contributed by atoms with Gasteiger partial charge in [-0.15, -0.1) is 0 Å². The lowest BCUT2D eigenvalue weighted by Gasteiger charge is -2.23. The van der Waals surface area contributed by atoms with E-state index in [1.165, 1.54) is 15.5 Å². The van der Waals surface area contributed by atoms with Gasteiger partial charge < -0.3 is 10.3 Å². The number of H-pyrrole nitrogens is 1. The molecule has 25 heavy (non-hydrogen) atoms. The molecular weight excluding hydrogens is 326 g/mol. The highest BCUT2D eigenvalue weighted by atomic mass is 16.5. The summed E-state index contributed by atoms with van der Waals surface area (Å²) in [5.41, 5.74) is 4.83. The first-order chi connectivity index (χ1) is 11.9. The van der Waals surface area contributed by atoms with Gasteiger partial charge in [0.2, 0.25) is 0 Å². The molecule has 0 aliphatic heterocycles. The Balaban J connectivity index is 2.58. The van der Waals surface area contributed by atoms with Crippen molar-refractivity contribution in [3.8, 4) is 0 Å². The Bertz CT molecular complexity index is 864. The van der Waals surface area contributed by atoms with Crippen molar-refractivity contribution in [1.82, 2.24) is 14.7 Å². The molecule has 0 aliphatic rings. The number of amides is 1. The minimum atomic E-state index is -0.695. The lowest BCUT2D eigenvalue weighted by Crippen LogP contribution is -2.41. The predicted molar refractivity (Wildman–Crippen MR) is 93.9 cm³/mol. The third-order valence-electron chi connectivity index (χ3n) is 3.76. The van der Waals surface area contributed by atoms with Gasteiger partial charge in [0.1, 0.15) is 11.6 Å². The Morgan fingerprint density at radius 3 is 2.64 bits per heavy atom. The largest absolute Gasteiger partial charge is 0.383 e. The second-order valence-electron chi connectivity index (χ2n) is 5.78. The standard InChI is InChI=1S/C16H23N5O4/c1-4-6-8-20(15(23)11-9-10(3)25-19-11)12-13(17)21(7-5-2)16(24)18-14(12)22/h9H,4-8,17H2,1-3H3,(H,18,22,24). The van der Waals surface area contributed by atoms with Crippen molar-refractivity contribution < 1.29 is 9.32 Å². The number of unbranched alkanes of at least 4 members (excludes halogenated alkanes) is 1. The second-order valence-corrected chi connectivity index (χ2v) is 5.78. The zero-order valence-electron chi connectivity index (χ0n) is 14.7. The predicted octanol–water partition coefficient (Wildman–Crippen LogP) is 1.27. The summed E-state index contributed by atoms with van der Waals surface area (Å²) in [5.74, 6) is -0.0407. The highest BCUT2D eigenvalue weighted by Gasteiger charge is 2.26. The average molecular weight is 349 g/mol. The molecule has 1 amide bonds. The summed E-state index contributed by atoms with van der Waals surface area (Å²) in [6.07, 6.45) is 2.13. The van der Waals surface area contributed by atoms with Crippen LogP contribution in [0.2, 0.25) is 0 Å². The number of nitrogens with one attached hydrogen (secondary N) is 1. The number of carbonyl (C=O) groups is 1. The van der Waals surface area contributed by atoms with Crippen molar-refractivity contribution in [3.63, 3.8) is 0 Å². The van der Waals surface area contributed by atoms with Crippen molar-refractivity contribution >= 4 is 17.4 Å². The molecule has 0 fully saturated rings. The smallest absolute Gasteiger partial charge is 0.330 e. The van der Waals surface area contributed by atoms with Crippen molar-refractivity contribution in [1.29, 1.82) is 0 Å². The molecule has 9 heteroatoms. The SMILES string of the molecule is CCCCN(C(=O)c1cc(C)on1)c1c(N)n(CCC)c(=O)[nH]c1=O. The summed E-state index contributed by atoms with van der Waals surface area (Å²) >= 11 is 0. The van der Waals surface area contributed by atoms with Crippen LogP contribution >= 0.6 is 0 Å². The van der Waals surface area contributed by atoms with E-state index in [0.29, 0.717) is 25.1 Å². The molecule has 2 heterocycles. The minimum absolute atomic E-state index is 0.0275. The van der Waals surface area contributed by atoms with Crippen molar-refractivity contribution in [2.45, 2.75) is 46.6 Å². The Labute approximate surface area is 144 Å². The molecule has 0 unspecified atom stereocenters. The summed E-state index contributed by atoms with van der Waals surface area (Å²) in [5, 5.41) is 3.72. The van der Waals surface area contributed by atoms with Crippen molar-refractivity contribution in [3.05, 3.63) is 38.4 Å². The number of nitrogens with two attached hydrogens (primary N) is 1. The van der Waals surface area contributed by atoms with Crippen LogP contribution in [0.15, 0.2) is 20.2 Å². The summed E-state index contributed by atoms with van der Waals surface area (Å²) in [7, 11) is 0. The summed E-state index contributed by atoms with van der Waals surface area (Å²) in [4.78, 5) is 40.7. The molecule has 3 N–H and O–H groups in total. The number of rotatable bonds is 7. The van der Waals surface area contributed by atoms with Gasteiger partial charge in [-0.1, -0.05) is 25.4 Å². The lowest BCUT2D eigenvalue weighted by molar-refractivity contribution is 0.0977. The van der Waals surface area contributed by atoms with E-state index in [2.05, 4.69) is 10.1 Å². The number of aromatic nitrogens is 3. The molecule has 0 bridgehead atoms. The van der Waals surface area contributed by atoms with E-state index >= 15 is 0 Å². The number of aromatic amines is 1. The van der Waals surface area contributed by atoms with Crippen LogP contribution in [0.1, 0.15) is 49.4 Å². The monoisotopic (exact) mass is 349 g/mol. The topological polar surface area (TPSA) is 127 Å². The maximum atomic E-state index is 12.8. The van der Waals surface area contributed by atoms with Gasteiger partial charge in [-0.3, -0.25) is 24.0 Å². The Morgan fingerprint density at radius 1 is 1.36 bits per heavy atom. The first-order valence-corrected chi connectivity index (χ1v) is 8.28. The number of hydrogen-bond donors (Lipinski definition) is 2. The fourth-order valence-corrected chi connectivity index (χ4v) is 2.52. The van der Waals surface area contributed by atoms with Gasteiger partial charge in [-0.25, -0.2) is 4.79 Å². The van der Waals surface area contributed by atoms with E-state index in [4.69, 9.17) is 10.3 Å². The average Bonchev–Trinajstić information content (AvgIpc) is 3.00. The summed E-state index contributed by atoms with van der Waals surface area (Å²) < 4.78 is 6.21. The van der Waals surface area contributed by atoms with Crippen molar-refractivity contribution in [2.75, 3.05) is 17.2 Å². The van der Waals surface area contributed by atoms with E-state index in [9.17, 15) is 14.4 Å². The van der Waals surface area contributed by atoms with E-state index in [1.807, 2.05) is 13.8 Å². The van der Waals surface area contributed by atoms with E-state index in [-0.39, 0.29) is 23.7 Å². The number of anilines is 2. The molecule has 0 spiro atoms. The van der Waals surface area contributed by atoms with Crippen molar-refractivity contribution in [2.24, 2.45) is 0 Å². The Morgan fingerprint density at radius 2 is 2.08 bits per heavy atom. The molecule has 0 saturated carbocycles. The van der Waals surface area contributed by atoms with Crippen LogP contribution < -0.4 is 21.9 Å². The van der Waals surface area contributed by atoms with Gasteiger partial charge in [0.25, 0.3) is 11.5 Å². The number of nitrogen functional groups attached to an aromatic ring is 1. The number of nitrogens with zero attached hydrogens (tertiary/aromatic N) is 3. The minimum Gasteiger partial charge on any atom is -0.383 e. The van der Waals surface area contributed by atoms with E-state index in [1.54, 1.807) is 6.92 Å². The molecule has 0 aliphatic carbocycles. The zero-order chi connectivity index (χ0) is 18.6. The number of carbonyl (C=O) groups excluding carboxylic acids is 1. The van der Waals surface area contributed by atoms with Crippen LogP contribution in [0.5, 0.6) is 0 Å². The van der Waals surface area contributed by atoms with E-state index in [0.717, 1.165) is 6.42 Å². The normalized spacial score (nSPS) is 10.8. The van der Waals surface area contributed by atoms with Crippen LogP contribution in [0.3, 0.4) is 0 Å². The fourth-order valence-electron chi connectivity index (χ4n) is 2.52. The number of hydrogen-bond acceptors (Lipinski definition) is 6. The number of aryl methyl sites for hydroxylation is 1. The Hall–Kier alpha value is -2.84. The summed E-state index contributed by atoms with van der Waals surface area (Å²) in [6, 6.07) is 1.49. The first kappa shape index (κ1) is 18.5. The van der Waals surface area contributed by atoms with Crippen LogP contribution in [0.25, 0.3) is 0 Å². The molecule has 9 nitrogen and oxygen atoms in total. The third kappa shape index (κ3) is 3.81. The molecule has 136 valence electrons. The first-order valence-electron chi connectivity index (χ1n) is 8.28. The van der Waals surface area contributed by atoms with Crippen LogP contribution in [-0.2, 0) is 6.54 Å². The maximum Gasteiger partial charge on any atom is 0.330 e. The third-order valence-corrected chi connectivity index (χ3v) is 3.76. The molecule has 0 atom stereocenters. The van der Waals surface area contributed by atoms with Gasteiger partial charge in [0.05, 0.1) is 0 Å². The molecule has 0 saturated heterocycles. The Kier molecular flexibility index (Phi) is 5.79. The highest BCUT2D eigenvalue weighted by Crippen LogP contribution is 2.20. The zero-order valence-corrected chi connectivity index (χ0v) is 14.7. The lowest BCUT2D eigenvalue weighted by atomic mass is 10.2. The molecule has 2 aromatic heterocycles. The highest BCUT2D eigenvalue weighted by molar-refractivity contribution is 6.05. The van der Waals surface area contributed by atoms with Crippen LogP contribution in [0, 0.1) is 6.92 Å².